The first kappa shape index (κ1) is 13.3. The lowest BCUT2D eigenvalue weighted by atomic mass is 9.51. The highest BCUT2D eigenvalue weighted by atomic mass is 16.5. The van der Waals surface area contributed by atoms with Crippen LogP contribution in [0.3, 0.4) is 0 Å². The lowest BCUT2D eigenvalue weighted by Gasteiger charge is -2.57. The van der Waals surface area contributed by atoms with Crippen LogP contribution < -0.4 is 0 Å². The highest BCUT2D eigenvalue weighted by Gasteiger charge is 2.60. The highest BCUT2D eigenvalue weighted by molar-refractivity contribution is 5.87. The number of hydrogen-bond acceptors (Lipinski definition) is 3. The molecule has 106 valence electrons. The molecule has 19 heavy (non-hydrogen) atoms. The van der Waals surface area contributed by atoms with Crippen molar-refractivity contribution in [1.82, 2.24) is 0 Å². The number of aliphatic hydroxyl groups excluding tert-OH is 1. The molecule has 1 saturated carbocycles. The molecule has 2 fully saturated rings. The maximum atomic E-state index is 12.6. The van der Waals surface area contributed by atoms with Gasteiger partial charge in [0.25, 0.3) is 0 Å². The van der Waals surface area contributed by atoms with E-state index in [-0.39, 0.29) is 12.0 Å². The number of carbonyl (C=O) groups is 1. The quantitative estimate of drug-likeness (QED) is 0.739. The number of rotatable bonds is 1. The summed E-state index contributed by atoms with van der Waals surface area (Å²) in [6.45, 7) is 4.99. The van der Waals surface area contributed by atoms with E-state index < -0.39 is 5.60 Å². The Morgan fingerprint density at radius 1 is 1.42 bits per heavy atom. The minimum atomic E-state index is -0.435. The largest absolute Gasteiger partial charge is 0.396 e. The molecule has 1 aliphatic heterocycles. The number of carbonyl (C=O) groups excluding carboxylic acids is 1. The Labute approximate surface area is 115 Å². The van der Waals surface area contributed by atoms with Crippen molar-refractivity contribution in [3.05, 3.63) is 12.2 Å². The van der Waals surface area contributed by atoms with Crippen molar-refractivity contribution in [2.24, 2.45) is 23.2 Å². The molecule has 0 aromatic heterocycles. The fraction of sp³-hybridized carbons (Fsp3) is 0.812. The van der Waals surface area contributed by atoms with Crippen molar-refractivity contribution in [1.29, 1.82) is 0 Å². The molecule has 0 radical (unpaired) electrons. The molecule has 0 amide bonds. The molecule has 1 saturated heterocycles. The van der Waals surface area contributed by atoms with Crippen molar-refractivity contribution in [2.45, 2.75) is 45.1 Å². The summed E-state index contributed by atoms with van der Waals surface area (Å²) in [5, 5.41) is 9.36. The van der Waals surface area contributed by atoms with Gasteiger partial charge < -0.3 is 9.84 Å². The Bertz CT molecular complexity index is 416. The van der Waals surface area contributed by atoms with Crippen LogP contribution in [0.25, 0.3) is 0 Å². The molecule has 0 aromatic rings. The third kappa shape index (κ3) is 1.74. The Kier molecular flexibility index (Phi) is 3.10. The molecule has 2 aliphatic carbocycles. The molecule has 0 spiro atoms. The molecular weight excluding hydrogens is 240 g/mol. The third-order valence-corrected chi connectivity index (χ3v) is 6.01. The fourth-order valence-corrected chi connectivity index (χ4v) is 4.54. The second-order valence-electron chi connectivity index (χ2n) is 6.82. The minimum Gasteiger partial charge on any atom is -0.396 e. The monoisotopic (exact) mass is 264 g/mol. The maximum absolute atomic E-state index is 12.6. The van der Waals surface area contributed by atoms with Gasteiger partial charge in [-0.25, -0.2) is 0 Å². The zero-order chi connectivity index (χ0) is 13.7. The van der Waals surface area contributed by atoms with Crippen LogP contribution in [0, 0.1) is 23.2 Å². The first-order chi connectivity index (χ1) is 9.01. The number of fused-ring (bicyclic) bond motifs is 3. The standard InChI is InChI=1S/C16H24O3/c1-15-7-5-12-9-11(10-17)3-4-13(12)16(15,2)14(18)6-8-19-15/h5,7,11-13,17H,3-4,6,8-10H2,1-2H3/t11-,12-,13-,15+,16-/m0/s1. The van der Waals surface area contributed by atoms with Gasteiger partial charge >= 0.3 is 0 Å². The van der Waals surface area contributed by atoms with Crippen molar-refractivity contribution in [3.63, 3.8) is 0 Å². The zero-order valence-electron chi connectivity index (χ0n) is 11.9. The molecule has 0 aromatic carbocycles. The smallest absolute Gasteiger partial charge is 0.144 e. The van der Waals surface area contributed by atoms with E-state index in [1.807, 2.05) is 0 Å². The van der Waals surface area contributed by atoms with Crippen LogP contribution >= 0.6 is 0 Å². The van der Waals surface area contributed by atoms with Crippen molar-refractivity contribution in [3.8, 4) is 0 Å². The second kappa shape index (κ2) is 4.42. The summed E-state index contributed by atoms with van der Waals surface area (Å²) in [6.07, 6.45) is 7.98. The van der Waals surface area contributed by atoms with Gasteiger partial charge in [0, 0.05) is 13.0 Å². The van der Waals surface area contributed by atoms with E-state index in [1.165, 1.54) is 0 Å². The second-order valence-corrected chi connectivity index (χ2v) is 6.82. The van der Waals surface area contributed by atoms with E-state index in [0.717, 1.165) is 19.3 Å². The van der Waals surface area contributed by atoms with E-state index in [1.54, 1.807) is 0 Å². The van der Waals surface area contributed by atoms with E-state index in [2.05, 4.69) is 26.0 Å². The number of ketones is 1. The first-order valence-corrected chi connectivity index (χ1v) is 7.49. The first-order valence-electron chi connectivity index (χ1n) is 7.49. The summed E-state index contributed by atoms with van der Waals surface area (Å²) in [4.78, 5) is 12.6. The number of aliphatic hydroxyl groups is 1. The molecule has 1 heterocycles. The van der Waals surface area contributed by atoms with Crippen LogP contribution in [0.2, 0.25) is 0 Å². The number of Topliss-reactive ketones (excluding diaryl/α,β-unsaturated/α-hetero) is 1. The van der Waals surface area contributed by atoms with Crippen LogP contribution in [0.4, 0.5) is 0 Å². The molecule has 3 nitrogen and oxygen atoms in total. The summed E-state index contributed by atoms with van der Waals surface area (Å²) in [5.74, 6) is 1.56. The number of allylic oxidation sites excluding steroid dienone is 1. The van der Waals surface area contributed by atoms with Crippen molar-refractivity contribution >= 4 is 5.78 Å². The topological polar surface area (TPSA) is 46.5 Å². The van der Waals surface area contributed by atoms with E-state index in [9.17, 15) is 9.90 Å². The molecule has 1 N–H and O–H groups in total. The lowest BCUT2D eigenvalue weighted by Crippen LogP contribution is -2.61. The zero-order valence-corrected chi connectivity index (χ0v) is 11.9. The Morgan fingerprint density at radius 2 is 2.21 bits per heavy atom. The summed E-state index contributed by atoms with van der Waals surface area (Å²) >= 11 is 0. The van der Waals surface area contributed by atoms with Crippen LogP contribution in [0.1, 0.15) is 39.5 Å². The maximum Gasteiger partial charge on any atom is 0.144 e. The molecule has 3 aliphatic rings. The van der Waals surface area contributed by atoms with Crippen molar-refractivity contribution in [2.75, 3.05) is 13.2 Å². The van der Waals surface area contributed by atoms with Gasteiger partial charge in [-0.3, -0.25) is 4.79 Å². The Morgan fingerprint density at radius 3 is 2.95 bits per heavy atom. The van der Waals surface area contributed by atoms with Gasteiger partial charge in [0.1, 0.15) is 5.78 Å². The molecular formula is C16H24O3. The van der Waals surface area contributed by atoms with Crippen molar-refractivity contribution < 1.29 is 14.6 Å². The van der Waals surface area contributed by atoms with Gasteiger partial charge in [0.2, 0.25) is 0 Å². The third-order valence-electron chi connectivity index (χ3n) is 6.01. The Hall–Kier alpha value is -0.670. The van der Waals surface area contributed by atoms with E-state index >= 15 is 0 Å². The number of hydrogen-bond donors (Lipinski definition) is 1. The molecule has 3 rings (SSSR count). The van der Waals surface area contributed by atoms with Gasteiger partial charge in [-0.05, 0) is 50.9 Å². The van der Waals surface area contributed by atoms with Gasteiger partial charge in [-0.1, -0.05) is 12.2 Å². The molecule has 0 unspecified atom stereocenters. The predicted octanol–water partition coefficient (Wildman–Crippen LogP) is 2.34. The SMILES string of the molecule is C[C@@]12C=C[C@H]3C[C@@H](CO)CC[C@@H]3[C@@]1(C)C(=O)CCO2. The Balaban J connectivity index is 1.97. The summed E-state index contributed by atoms with van der Waals surface area (Å²) in [6, 6.07) is 0. The van der Waals surface area contributed by atoms with E-state index in [4.69, 9.17) is 4.74 Å². The van der Waals surface area contributed by atoms with Crippen LogP contribution in [0.15, 0.2) is 12.2 Å². The van der Waals surface area contributed by atoms with Crippen LogP contribution in [-0.4, -0.2) is 29.7 Å². The highest BCUT2D eigenvalue weighted by Crippen LogP contribution is 2.56. The average Bonchev–Trinajstić information content (AvgIpc) is 2.41. The van der Waals surface area contributed by atoms with Gasteiger partial charge in [0.15, 0.2) is 0 Å². The average molecular weight is 264 g/mol. The molecule has 5 atom stereocenters. The van der Waals surface area contributed by atoms with Gasteiger partial charge in [-0.15, -0.1) is 0 Å². The number of ether oxygens (including phenoxy) is 1. The predicted molar refractivity (Wildman–Crippen MR) is 72.6 cm³/mol. The lowest BCUT2D eigenvalue weighted by molar-refractivity contribution is -0.181. The summed E-state index contributed by atoms with van der Waals surface area (Å²) in [7, 11) is 0. The minimum absolute atomic E-state index is 0.273. The summed E-state index contributed by atoms with van der Waals surface area (Å²) < 4.78 is 5.99. The van der Waals surface area contributed by atoms with Crippen LogP contribution in [-0.2, 0) is 9.53 Å². The van der Waals surface area contributed by atoms with E-state index in [0.29, 0.717) is 36.6 Å². The molecule has 3 heteroatoms. The normalized spacial score (nSPS) is 49.6. The fourth-order valence-electron chi connectivity index (χ4n) is 4.54. The van der Waals surface area contributed by atoms with Gasteiger partial charge in [-0.2, -0.15) is 0 Å². The molecule has 0 bridgehead atoms. The van der Waals surface area contributed by atoms with Crippen LogP contribution in [0.5, 0.6) is 0 Å². The van der Waals surface area contributed by atoms with Gasteiger partial charge in [0.05, 0.1) is 17.6 Å². The summed E-state index contributed by atoms with van der Waals surface area (Å²) in [5.41, 5.74) is -0.819.